The predicted molar refractivity (Wildman–Crippen MR) is 69.9 cm³/mol. The topological polar surface area (TPSA) is 66.4 Å². The fourth-order valence-electron chi connectivity index (χ4n) is 1.64. The quantitative estimate of drug-likeness (QED) is 0.563. The molecule has 6 heteroatoms. The smallest absolute Gasteiger partial charge is 0.744 e. The maximum absolute atomic E-state index is 10.8. The second-order valence-corrected chi connectivity index (χ2v) is 5.52. The van der Waals surface area contributed by atoms with Crippen LogP contribution < -0.4 is 34.3 Å². The van der Waals surface area contributed by atoms with E-state index in [9.17, 15) is 13.0 Å². The van der Waals surface area contributed by atoms with Gasteiger partial charge in [-0.15, -0.1) is 0 Å². The van der Waals surface area contributed by atoms with Crippen LogP contribution >= 0.6 is 0 Å². The van der Waals surface area contributed by atoms with Gasteiger partial charge in [0.25, 0.3) is 0 Å². The van der Waals surface area contributed by atoms with E-state index in [-0.39, 0.29) is 34.5 Å². The molecule has 20 heavy (non-hydrogen) atoms. The molecule has 0 fully saturated rings. The van der Waals surface area contributed by atoms with Gasteiger partial charge in [0.15, 0.2) is 0 Å². The first-order chi connectivity index (χ1) is 8.97. The van der Waals surface area contributed by atoms with E-state index in [4.69, 9.17) is 4.74 Å². The van der Waals surface area contributed by atoms with Crippen LogP contribution in [0.4, 0.5) is 0 Å². The molecular weight excluding hydrogens is 287 g/mol. The number of hydrogen-bond acceptors (Lipinski definition) is 4. The third-order valence-corrected chi connectivity index (χ3v) is 3.62. The molecule has 0 aliphatic carbocycles. The minimum Gasteiger partial charge on any atom is -0.744 e. The Morgan fingerprint density at radius 1 is 1.05 bits per heavy atom. The summed E-state index contributed by atoms with van der Waals surface area (Å²) in [6, 6.07) is 13.3. The van der Waals surface area contributed by atoms with Crippen LogP contribution in [0.25, 0.3) is 0 Å². The average molecular weight is 300 g/mol. The van der Waals surface area contributed by atoms with Crippen LogP contribution in [0.3, 0.4) is 0 Å². The Labute approximate surface area is 140 Å². The van der Waals surface area contributed by atoms with Crippen molar-refractivity contribution in [2.45, 2.75) is 18.4 Å². The molecule has 0 radical (unpaired) electrons. The molecule has 4 nitrogen and oxygen atoms in total. The summed E-state index contributed by atoms with van der Waals surface area (Å²) in [5.74, 6) is 0.524. The van der Waals surface area contributed by atoms with E-state index >= 15 is 0 Å². The van der Waals surface area contributed by atoms with Crippen LogP contribution in [0.15, 0.2) is 53.4 Å². The third-order valence-electron chi connectivity index (χ3n) is 2.77. The molecule has 0 unspecified atom stereocenters. The van der Waals surface area contributed by atoms with Gasteiger partial charge in [0.1, 0.15) is 22.5 Å². The number of ether oxygens (including phenoxy) is 1. The molecule has 0 N–H and O–H groups in total. The van der Waals surface area contributed by atoms with E-state index in [1.165, 1.54) is 24.3 Å². The zero-order valence-electron chi connectivity index (χ0n) is 11.4. The largest absolute Gasteiger partial charge is 1.00 e. The van der Waals surface area contributed by atoms with Gasteiger partial charge in [-0.1, -0.05) is 24.3 Å². The number of rotatable bonds is 4. The summed E-state index contributed by atoms with van der Waals surface area (Å²) >= 11 is 0. The first kappa shape index (κ1) is 17.2. The van der Waals surface area contributed by atoms with Crippen molar-refractivity contribution in [3.63, 3.8) is 0 Å². The normalized spacial score (nSPS) is 10.7. The molecule has 0 saturated heterocycles. The molecule has 2 aromatic rings. The Morgan fingerprint density at radius 3 is 2.20 bits per heavy atom. The van der Waals surface area contributed by atoms with E-state index in [1.807, 2.05) is 31.2 Å². The Morgan fingerprint density at radius 2 is 1.65 bits per heavy atom. The van der Waals surface area contributed by atoms with E-state index in [2.05, 4.69) is 0 Å². The number of aryl methyl sites for hydroxylation is 1. The molecule has 0 heterocycles. The summed E-state index contributed by atoms with van der Waals surface area (Å²) in [4.78, 5) is -0.254. The van der Waals surface area contributed by atoms with Gasteiger partial charge < -0.3 is 9.29 Å². The molecule has 0 bridgehead atoms. The van der Waals surface area contributed by atoms with E-state index in [0.717, 1.165) is 11.1 Å². The van der Waals surface area contributed by atoms with Crippen LogP contribution in [0.1, 0.15) is 11.1 Å². The van der Waals surface area contributed by atoms with Crippen LogP contribution in [-0.4, -0.2) is 13.0 Å². The molecule has 0 atom stereocenters. The fourth-order valence-corrected chi connectivity index (χ4v) is 2.11. The molecule has 100 valence electrons. The SMILES string of the molecule is Cc1ccccc1COc1ccc(S(=O)(=O)[O-])cc1.[Na+]. The van der Waals surface area contributed by atoms with Gasteiger partial charge in [0, 0.05) is 0 Å². The van der Waals surface area contributed by atoms with Gasteiger partial charge in [-0.25, -0.2) is 8.42 Å². The monoisotopic (exact) mass is 300 g/mol. The molecule has 0 amide bonds. The molecule has 0 aromatic heterocycles. The number of hydrogen-bond donors (Lipinski definition) is 0. The Kier molecular flexibility index (Phi) is 6.23. The van der Waals surface area contributed by atoms with Gasteiger partial charge in [-0.2, -0.15) is 0 Å². The van der Waals surface area contributed by atoms with E-state index in [1.54, 1.807) is 0 Å². The van der Waals surface area contributed by atoms with E-state index < -0.39 is 10.1 Å². The standard InChI is InChI=1S/C14H14O4S.Na/c1-11-4-2-3-5-12(11)10-18-13-6-8-14(9-7-13)19(15,16)17;/h2-9H,10H2,1H3,(H,15,16,17);/q;+1/p-1. The molecule has 2 aromatic carbocycles. The van der Waals surface area contributed by atoms with Crippen LogP contribution in [0.5, 0.6) is 5.75 Å². The zero-order valence-corrected chi connectivity index (χ0v) is 14.2. The van der Waals surface area contributed by atoms with Gasteiger partial charge in [0.2, 0.25) is 0 Å². The van der Waals surface area contributed by atoms with Crippen molar-refractivity contribution in [1.82, 2.24) is 0 Å². The molecule has 2 rings (SSSR count). The summed E-state index contributed by atoms with van der Waals surface area (Å²) < 4.78 is 37.9. The second-order valence-electron chi connectivity index (χ2n) is 4.14. The van der Waals surface area contributed by atoms with Crippen molar-refractivity contribution in [1.29, 1.82) is 0 Å². The summed E-state index contributed by atoms with van der Waals surface area (Å²) in [6.07, 6.45) is 0. The number of benzene rings is 2. The van der Waals surface area contributed by atoms with Crippen LogP contribution in [0.2, 0.25) is 0 Å². The Bertz CT molecular complexity index is 666. The minimum absolute atomic E-state index is 0. The summed E-state index contributed by atoms with van der Waals surface area (Å²) in [6.45, 7) is 2.39. The summed E-state index contributed by atoms with van der Waals surface area (Å²) in [5.41, 5.74) is 2.18. The third kappa shape index (κ3) is 4.61. The van der Waals surface area contributed by atoms with Gasteiger partial charge in [0.05, 0.1) is 4.90 Å². The first-order valence-electron chi connectivity index (χ1n) is 5.70. The fraction of sp³-hybridized carbons (Fsp3) is 0.143. The first-order valence-corrected chi connectivity index (χ1v) is 7.11. The van der Waals surface area contributed by atoms with Crippen LogP contribution in [-0.2, 0) is 16.7 Å². The average Bonchev–Trinajstić information content (AvgIpc) is 2.37. The van der Waals surface area contributed by atoms with E-state index in [0.29, 0.717) is 12.4 Å². The minimum atomic E-state index is -4.40. The zero-order chi connectivity index (χ0) is 13.9. The van der Waals surface area contributed by atoms with Gasteiger partial charge in [-0.05, 0) is 42.3 Å². The summed E-state index contributed by atoms with van der Waals surface area (Å²) in [5, 5.41) is 0. The second kappa shape index (κ2) is 7.24. The molecule has 0 aliphatic rings. The van der Waals surface area contributed by atoms with Gasteiger partial charge >= 0.3 is 29.6 Å². The van der Waals surface area contributed by atoms with Crippen molar-refractivity contribution in [3.05, 3.63) is 59.7 Å². The summed E-state index contributed by atoms with van der Waals surface area (Å²) in [7, 11) is -4.40. The van der Waals surface area contributed by atoms with Crippen molar-refractivity contribution < 1.29 is 47.3 Å². The maximum Gasteiger partial charge on any atom is 1.00 e. The Hall–Kier alpha value is -0.850. The van der Waals surface area contributed by atoms with Crippen LogP contribution in [0, 0.1) is 6.92 Å². The molecular formula is C14H13NaO4S. The van der Waals surface area contributed by atoms with Crippen molar-refractivity contribution in [2.24, 2.45) is 0 Å². The predicted octanol–water partition coefficient (Wildman–Crippen LogP) is -0.518. The van der Waals surface area contributed by atoms with Crippen molar-refractivity contribution in [3.8, 4) is 5.75 Å². The van der Waals surface area contributed by atoms with Gasteiger partial charge in [-0.3, -0.25) is 0 Å². The van der Waals surface area contributed by atoms with Crippen molar-refractivity contribution in [2.75, 3.05) is 0 Å². The maximum atomic E-state index is 10.8. The molecule has 0 aliphatic heterocycles. The Balaban J connectivity index is 0.00000200. The molecule has 0 spiro atoms. The van der Waals surface area contributed by atoms with Crippen molar-refractivity contribution >= 4 is 10.1 Å². The molecule has 0 saturated carbocycles.